The normalized spacial score (nSPS) is 24.0. The third-order valence-corrected chi connectivity index (χ3v) is 4.25. The Labute approximate surface area is 115 Å². The van der Waals surface area contributed by atoms with Gasteiger partial charge in [-0.2, -0.15) is 0 Å². The topological polar surface area (TPSA) is 45.4 Å². The van der Waals surface area contributed by atoms with Crippen LogP contribution in [-0.4, -0.2) is 40.5 Å². The van der Waals surface area contributed by atoms with Gasteiger partial charge in [-0.25, -0.2) is 4.98 Å². The number of aryl methyl sites for hydroxylation is 1. The minimum absolute atomic E-state index is 0.431. The van der Waals surface area contributed by atoms with E-state index in [-0.39, 0.29) is 0 Å². The predicted molar refractivity (Wildman–Crippen MR) is 78.0 cm³/mol. The molecule has 1 aliphatic heterocycles. The molecule has 1 N–H and O–H groups in total. The van der Waals surface area contributed by atoms with E-state index < -0.39 is 0 Å². The van der Waals surface area contributed by atoms with Gasteiger partial charge in [0.2, 0.25) is 0 Å². The van der Waals surface area contributed by atoms with E-state index in [1.54, 1.807) is 0 Å². The SMILES string of the molecule is CCC1(C)CCN(C(=NC)NCc2nccn2C)C1. The van der Waals surface area contributed by atoms with Crippen molar-refractivity contribution >= 4 is 5.96 Å². The van der Waals surface area contributed by atoms with Gasteiger partial charge in [0, 0.05) is 39.6 Å². The second-order valence-electron chi connectivity index (χ2n) is 5.69. The van der Waals surface area contributed by atoms with Crippen molar-refractivity contribution in [2.24, 2.45) is 17.5 Å². The van der Waals surface area contributed by atoms with E-state index in [1.165, 1.54) is 12.8 Å². The number of likely N-dealkylation sites (tertiary alicyclic amines) is 1. The number of guanidine groups is 1. The molecule has 0 radical (unpaired) electrons. The summed E-state index contributed by atoms with van der Waals surface area (Å²) < 4.78 is 2.03. The van der Waals surface area contributed by atoms with Crippen LogP contribution in [-0.2, 0) is 13.6 Å². The Morgan fingerprint density at radius 3 is 2.89 bits per heavy atom. The number of hydrogen-bond acceptors (Lipinski definition) is 2. The van der Waals surface area contributed by atoms with Gasteiger partial charge in [-0.1, -0.05) is 13.8 Å². The maximum Gasteiger partial charge on any atom is 0.194 e. The van der Waals surface area contributed by atoms with Crippen molar-refractivity contribution in [1.29, 1.82) is 0 Å². The molecule has 1 fully saturated rings. The molecule has 0 aromatic carbocycles. The number of aromatic nitrogens is 2. The molecular weight excluding hydrogens is 238 g/mol. The number of hydrogen-bond donors (Lipinski definition) is 1. The Morgan fingerprint density at radius 2 is 2.37 bits per heavy atom. The van der Waals surface area contributed by atoms with Crippen LogP contribution in [0.15, 0.2) is 17.4 Å². The third kappa shape index (κ3) is 3.08. The maximum absolute atomic E-state index is 4.39. The second-order valence-corrected chi connectivity index (χ2v) is 5.69. The van der Waals surface area contributed by atoms with Gasteiger partial charge in [-0.3, -0.25) is 4.99 Å². The van der Waals surface area contributed by atoms with Gasteiger partial charge in [-0.15, -0.1) is 0 Å². The molecule has 5 heteroatoms. The number of aliphatic imine (C=N–C) groups is 1. The molecule has 1 aliphatic rings. The van der Waals surface area contributed by atoms with Crippen molar-refractivity contribution in [2.75, 3.05) is 20.1 Å². The molecular formula is C14H25N5. The van der Waals surface area contributed by atoms with E-state index >= 15 is 0 Å². The molecule has 0 aliphatic carbocycles. The van der Waals surface area contributed by atoms with Gasteiger partial charge in [0.25, 0.3) is 0 Å². The molecule has 1 aromatic heterocycles. The van der Waals surface area contributed by atoms with Crippen LogP contribution in [0.2, 0.25) is 0 Å². The molecule has 1 aromatic rings. The number of imidazole rings is 1. The monoisotopic (exact) mass is 263 g/mol. The van der Waals surface area contributed by atoms with Gasteiger partial charge in [0.1, 0.15) is 5.82 Å². The van der Waals surface area contributed by atoms with Crippen LogP contribution in [0, 0.1) is 5.41 Å². The van der Waals surface area contributed by atoms with Crippen LogP contribution >= 0.6 is 0 Å². The summed E-state index contributed by atoms with van der Waals surface area (Å²) in [6.45, 7) is 7.52. The van der Waals surface area contributed by atoms with Crippen LogP contribution in [0.25, 0.3) is 0 Å². The zero-order chi connectivity index (χ0) is 13.9. The lowest BCUT2D eigenvalue weighted by atomic mass is 9.87. The minimum atomic E-state index is 0.431. The second kappa shape index (κ2) is 5.63. The van der Waals surface area contributed by atoms with Gasteiger partial charge in [0.05, 0.1) is 6.54 Å². The molecule has 1 saturated heterocycles. The first-order valence-electron chi connectivity index (χ1n) is 7.00. The highest BCUT2D eigenvalue weighted by molar-refractivity contribution is 5.80. The highest BCUT2D eigenvalue weighted by Gasteiger charge is 2.33. The summed E-state index contributed by atoms with van der Waals surface area (Å²) in [5.74, 6) is 2.01. The van der Waals surface area contributed by atoms with E-state index in [0.29, 0.717) is 5.41 Å². The van der Waals surface area contributed by atoms with Crippen LogP contribution < -0.4 is 5.32 Å². The summed E-state index contributed by atoms with van der Waals surface area (Å²) in [5.41, 5.74) is 0.431. The lowest BCUT2D eigenvalue weighted by Gasteiger charge is -2.25. The molecule has 106 valence electrons. The van der Waals surface area contributed by atoms with Crippen molar-refractivity contribution < 1.29 is 0 Å². The van der Waals surface area contributed by atoms with Crippen LogP contribution in [0.5, 0.6) is 0 Å². The smallest absolute Gasteiger partial charge is 0.194 e. The van der Waals surface area contributed by atoms with Gasteiger partial charge < -0.3 is 14.8 Å². The fourth-order valence-corrected chi connectivity index (χ4v) is 2.55. The van der Waals surface area contributed by atoms with Crippen LogP contribution in [0.4, 0.5) is 0 Å². The van der Waals surface area contributed by atoms with Crippen LogP contribution in [0.3, 0.4) is 0 Å². The van der Waals surface area contributed by atoms with Gasteiger partial charge in [0.15, 0.2) is 5.96 Å². The van der Waals surface area contributed by atoms with E-state index in [1.807, 2.05) is 31.1 Å². The number of rotatable bonds is 3. The lowest BCUT2D eigenvalue weighted by Crippen LogP contribution is -2.40. The highest BCUT2D eigenvalue weighted by atomic mass is 15.3. The molecule has 19 heavy (non-hydrogen) atoms. The lowest BCUT2D eigenvalue weighted by molar-refractivity contribution is 0.322. The summed E-state index contributed by atoms with van der Waals surface area (Å²) in [6.07, 6.45) is 6.25. The Morgan fingerprint density at radius 1 is 1.58 bits per heavy atom. The van der Waals surface area contributed by atoms with Gasteiger partial charge >= 0.3 is 0 Å². The Kier molecular flexibility index (Phi) is 4.12. The van der Waals surface area contributed by atoms with Crippen molar-refractivity contribution in [3.8, 4) is 0 Å². The minimum Gasteiger partial charge on any atom is -0.349 e. The molecule has 0 spiro atoms. The van der Waals surface area contributed by atoms with Gasteiger partial charge in [-0.05, 0) is 18.3 Å². The van der Waals surface area contributed by atoms with E-state index in [2.05, 4.69) is 34.0 Å². The fraction of sp³-hybridized carbons (Fsp3) is 0.714. The van der Waals surface area contributed by atoms with E-state index in [4.69, 9.17) is 0 Å². The average Bonchev–Trinajstić information content (AvgIpc) is 2.98. The summed E-state index contributed by atoms with van der Waals surface area (Å²) >= 11 is 0. The molecule has 0 saturated carbocycles. The Bertz CT molecular complexity index is 450. The summed E-state index contributed by atoms with van der Waals surface area (Å²) in [5, 5.41) is 3.41. The zero-order valence-electron chi connectivity index (χ0n) is 12.5. The van der Waals surface area contributed by atoms with Crippen molar-refractivity contribution in [1.82, 2.24) is 19.8 Å². The van der Waals surface area contributed by atoms with Crippen molar-refractivity contribution in [3.05, 3.63) is 18.2 Å². The largest absolute Gasteiger partial charge is 0.349 e. The summed E-state index contributed by atoms with van der Waals surface area (Å²) in [4.78, 5) is 11.1. The third-order valence-electron chi connectivity index (χ3n) is 4.25. The Hall–Kier alpha value is -1.52. The average molecular weight is 263 g/mol. The first-order valence-corrected chi connectivity index (χ1v) is 7.00. The summed E-state index contributed by atoms with van der Waals surface area (Å²) in [7, 11) is 3.86. The number of nitrogens with zero attached hydrogens (tertiary/aromatic N) is 4. The number of nitrogens with one attached hydrogen (secondary N) is 1. The van der Waals surface area contributed by atoms with Crippen LogP contribution in [0.1, 0.15) is 32.5 Å². The maximum atomic E-state index is 4.39. The fourth-order valence-electron chi connectivity index (χ4n) is 2.55. The molecule has 2 rings (SSSR count). The molecule has 1 unspecified atom stereocenters. The molecule has 1 atom stereocenters. The zero-order valence-corrected chi connectivity index (χ0v) is 12.5. The first kappa shape index (κ1) is 13.9. The molecule has 0 amide bonds. The first-order chi connectivity index (χ1) is 9.08. The molecule has 0 bridgehead atoms. The van der Waals surface area contributed by atoms with E-state index in [9.17, 15) is 0 Å². The summed E-state index contributed by atoms with van der Waals surface area (Å²) in [6, 6.07) is 0. The van der Waals surface area contributed by atoms with E-state index in [0.717, 1.165) is 31.4 Å². The molecule has 2 heterocycles. The quantitative estimate of drug-likeness (QED) is 0.666. The highest BCUT2D eigenvalue weighted by Crippen LogP contribution is 2.32. The molecule has 5 nitrogen and oxygen atoms in total. The Balaban J connectivity index is 1.93. The predicted octanol–water partition coefficient (Wildman–Crippen LogP) is 1.62. The van der Waals surface area contributed by atoms with Crippen molar-refractivity contribution in [3.63, 3.8) is 0 Å². The van der Waals surface area contributed by atoms with Crippen molar-refractivity contribution in [2.45, 2.75) is 33.2 Å². The standard InChI is InChI=1S/C14H25N5/c1-5-14(2)6-8-19(11-14)13(15-3)17-10-12-16-7-9-18(12)4/h7,9H,5-6,8,10-11H2,1-4H3,(H,15,17).